The molecule has 0 fully saturated rings. The van der Waals surface area contributed by atoms with E-state index in [2.05, 4.69) is 16.2 Å². The van der Waals surface area contributed by atoms with Gasteiger partial charge in [-0.15, -0.1) is 11.3 Å². The molecule has 6 nitrogen and oxygen atoms in total. The minimum Gasteiger partial charge on any atom is -0.326 e. The number of hydrogen-bond donors (Lipinski definition) is 3. The fourth-order valence-electron chi connectivity index (χ4n) is 2.70. The number of amides is 3. The molecule has 1 aliphatic heterocycles. The molecule has 0 atom stereocenters. The van der Waals surface area contributed by atoms with Crippen molar-refractivity contribution >= 4 is 34.7 Å². The van der Waals surface area contributed by atoms with Gasteiger partial charge in [-0.05, 0) is 49.1 Å². The predicted molar refractivity (Wildman–Crippen MR) is 96.4 cm³/mol. The molecule has 3 rings (SSSR count). The van der Waals surface area contributed by atoms with E-state index < -0.39 is 0 Å². The van der Waals surface area contributed by atoms with Crippen LogP contribution in [0.25, 0.3) is 0 Å². The van der Waals surface area contributed by atoms with E-state index in [4.69, 9.17) is 0 Å². The van der Waals surface area contributed by atoms with E-state index in [1.165, 1.54) is 11.3 Å². The first-order valence-electron chi connectivity index (χ1n) is 8.08. The number of rotatable bonds is 5. The summed E-state index contributed by atoms with van der Waals surface area (Å²) in [5, 5.41) is 2.80. The molecule has 1 aromatic carbocycles. The molecule has 2 heterocycles. The molecule has 130 valence electrons. The van der Waals surface area contributed by atoms with Crippen molar-refractivity contribution in [3.63, 3.8) is 0 Å². The van der Waals surface area contributed by atoms with E-state index in [-0.39, 0.29) is 17.7 Å². The third-order valence-electron chi connectivity index (χ3n) is 3.94. The molecular formula is C18H19N3O3S. The number of thiophene rings is 1. The van der Waals surface area contributed by atoms with Crippen LogP contribution in [0.15, 0.2) is 30.3 Å². The van der Waals surface area contributed by atoms with Gasteiger partial charge in [-0.25, -0.2) is 0 Å². The van der Waals surface area contributed by atoms with Crippen LogP contribution in [0, 0.1) is 6.92 Å². The summed E-state index contributed by atoms with van der Waals surface area (Å²) >= 11 is 1.38. The van der Waals surface area contributed by atoms with Crippen LogP contribution in [-0.2, 0) is 22.4 Å². The average Bonchev–Trinajstić information content (AvgIpc) is 3.17. The monoisotopic (exact) mass is 357 g/mol. The van der Waals surface area contributed by atoms with Crippen LogP contribution in [-0.4, -0.2) is 17.7 Å². The normalized spacial score (nSPS) is 12.4. The number of benzene rings is 1. The maximum atomic E-state index is 11.8. The first-order valence-corrected chi connectivity index (χ1v) is 8.90. The Balaban J connectivity index is 1.40. The minimum absolute atomic E-state index is 0.0169. The Morgan fingerprint density at radius 3 is 2.80 bits per heavy atom. The highest BCUT2D eigenvalue weighted by Crippen LogP contribution is 2.24. The molecule has 1 aliphatic rings. The summed E-state index contributed by atoms with van der Waals surface area (Å²) in [6.45, 7) is 1.92. The highest BCUT2D eigenvalue weighted by molar-refractivity contribution is 7.13. The summed E-state index contributed by atoms with van der Waals surface area (Å²) in [5.41, 5.74) is 7.84. The molecular weight excluding hydrogens is 338 g/mol. The zero-order chi connectivity index (χ0) is 17.8. The summed E-state index contributed by atoms with van der Waals surface area (Å²) in [5.74, 6) is -0.509. The molecule has 0 saturated carbocycles. The largest absolute Gasteiger partial charge is 0.326 e. The second-order valence-corrected chi connectivity index (χ2v) is 7.27. The van der Waals surface area contributed by atoms with Gasteiger partial charge in [0.1, 0.15) is 0 Å². The fraction of sp³-hybridized carbons (Fsp3) is 0.278. The van der Waals surface area contributed by atoms with Gasteiger partial charge in [-0.2, -0.15) is 0 Å². The van der Waals surface area contributed by atoms with E-state index in [1.807, 2.05) is 31.2 Å². The summed E-state index contributed by atoms with van der Waals surface area (Å²) in [6.07, 6.45) is 2.14. The van der Waals surface area contributed by atoms with Crippen molar-refractivity contribution in [3.8, 4) is 0 Å². The number of carbonyl (C=O) groups excluding carboxylic acids is 3. The molecule has 0 saturated heterocycles. The highest BCUT2D eigenvalue weighted by atomic mass is 32.1. The van der Waals surface area contributed by atoms with Gasteiger partial charge in [0.05, 0.1) is 11.3 Å². The first-order chi connectivity index (χ1) is 12.0. The lowest BCUT2D eigenvalue weighted by molar-refractivity contribution is -0.122. The molecule has 0 spiro atoms. The van der Waals surface area contributed by atoms with E-state index in [0.717, 1.165) is 28.1 Å². The Morgan fingerprint density at radius 2 is 2.04 bits per heavy atom. The quantitative estimate of drug-likeness (QED) is 0.718. The zero-order valence-corrected chi connectivity index (χ0v) is 14.7. The van der Waals surface area contributed by atoms with Crippen molar-refractivity contribution in [3.05, 3.63) is 51.2 Å². The fourth-order valence-corrected chi connectivity index (χ4v) is 3.46. The smallest absolute Gasteiger partial charge is 0.279 e. The molecule has 0 radical (unpaired) electrons. The maximum Gasteiger partial charge on any atom is 0.279 e. The lowest BCUT2D eigenvalue weighted by Gasteiger charge is -2.07. The van der Waals surface area contributed by atoms with Crippen LogP contribution in [0.3, 0.4) is 0 Å². The average molecular weight is 357 g/mol. The van der Waals surface area contributed by atoms with Gasteiger partial charge >= 0.3 is 0 Å². The van der Waals surface area contributed by atoms with Crippen molar-refractivity contribution < 1.29 is 14.4 Å². The van der Waals surface area contributed by atoms with Crippen molar-refractivity contribution in [1.29, 1.82) is 0 Å². The van der Waals surface area contributed by atoms with Gasteiger partial charge in [-0.1, -0.05) is 12.1 Å². The van der Waals surface area contributed by atoms with Crippen molar-refractivity contribution in [2.24, 2.45) is 0 Å². The lowest BCUT2D eigenvalue weighted by atomic mass is 10.0. The third-order valence-corrected chi connectivity index (χ3v) is 4.94. The van der Waals surface area contributed by atoms with Crippen LogP contribution in [0.1, 0.15) is 38.5 Å². The summed E-state index contributed by atoms with van der Waals surface area (Å²) in [4.78, 5) is 36.6. The zero-order valence-electron chi connectivity index (χ0n) is 13.8. The third kappa shape index (κ3) is 4.45. The Bertz CT molecular complexity index is 829. The van der Waals surface area contributed by atoms with Gasteiger partial charge in [0.2, 0.25) is 11.8 Å². The van der Waals surface area contributed by atoms with Crippen LogP contribution in [0.2, 0.25) is 0 Å². The number of aryl methyl sites for hydroxylation is 2. The molecule has 3 N–H and O–H groups in total. The molecule has 0 aliphatic carbocycles. The second-order valence-electron chi connectivity index (χ2n) is 5.98. The second kappa shape index (κ2) is 7.48. The van der Waals surface area contributed by atoms with Crippen LogP contribution in [0.5, 0.6) is 0 Å². The van der Waals surface area contributed by atoms with E-state index in [0.29, 0.717) is 24.1 Å². The van der Waals surface area contributed by atoms with E-state index >= 15 is 0 Å². The summed E-state index contributed by atoms with van der Waals surface area (Å²) in [7, 11) is 0. The Kier molecular flexibility index (Phi) is 5.14. The number of hydrogen-bond acceptors (Lipinski definition) is 4. The molecule has 0 unspecified atom stereocenters. The molecule has 7 heteroatoms. The van der Waals surface area contributed by atoms with Crippen LogP contribution in [0.4, 0.5) is 5.69 Å². The number of hydrazine groups is 1. The Labute approximate surface area is 149 Å². The van der Waals surface area contributed by atoms with Crippen molar-refractivity contribution in [2.75, 3.05) is 5.32 Å². The molecule has 3 amide bonds. The van der Waals surface area contributed by atoms with Gasteiger partial charge in [-0.3, -0.25) is 25.2 Å². The lowest BCUT2D eigenvalue weighted by Crippen LogP contribution is -2.41. The summed E-state index contributed by atoms with van der Waals surface area (Å²) in [6, 6.07) is 9.46. The van der Waals surface area contributed by atoms with Gasteiger partial charge in [0.15, 0.2) is 0 Å². The van der Waals surface area contributed by atoms with Gasteiger partial charge in [0, 0.05) is 17.0 Å². The van der Waals surface area contributed by atoms with Crippen molar-refractivity contribution in [1.82, 2.24) is 10.9 Å². The Hall–Kier alpha value is -2.67. The standard InChI is InChI=1S/C18H19N3O3S/c1-11-5-8-15(25-11)18(24)21-20-16(22)4-2-3-12-6-7-14-13(9-12)10-17(23)19-14/h5-9H,2-4,10H2,1H3,(H,19,23)(H,20,22)(H,21,24). The molecule has 25 heavy (non-hydrogen) atoms. The SMILES string of the molecule is Cc1ccc(C(=O)NNC(=O)CCCc2ccc3c(c2)CC(=O)N3)s1. The molecule has 2 aromatic rings. The number of anilines is 1. The predicted octanol–water partition coefficient (Wildman–Crippen LogP) is 2.34. The minimum atomic E-state index is -0.303. The van der Waals surface area contributed by atoms with Crippen LogP contribution >= 0.6 is 11.3 Å². The summed E-state index contributed by atoms with van der Waals surface area (Å²) < 4.78 is 0. The maximum absolute atomic E-state index is 11.8. The van der Waals surface area contributed by atoms with Crippen molar-refractivity contribution in [2.45, 2.75) is 32.6 Å². The number of nitrogens with one attached hydrogen (secondary N) is 3. The topological polar surface area (TPSA) is 87.3 Å². The number of fused-ring (bicyclic) bond motifs is 1. The molecule has 1 aromatic heterocycles. The van der Waals surface area contributed by atoms with E-state index in [9.17, 15) is 14.4 Å². The van der Waals surface area contributed by atoms with Gasteiger partial charge in [0.25, 0.3) is 5.91 Å². The van der Waals surface area contributed by atoms with Crippen LogP contribution < -0.4 is 16.2 Å². The Morgan fingerprint density at radius 1 is 1.20 bits per heavy atom. The highest BCUT2D eigenvalue weighted by Gasteiger charge is 2.17. The molecule has 0 bridgehead atoms. The first kappa shape index (κ1) is 17.2. The van der Waals surface area contributed by atoms with Gasteiger partial charge < -0.3 is 5.32 Å². The van der Waals surface area contributed by atoms with E-state index in [1.54, 1.807) is 6.07 Å². The number of carbonyl (C=O) groups is 3.